The maximum absolute atomic E-state index is 13.5. The van der Waals surface area contributed by atoms with Crippen molar-refractivity contribution in [1.29, 1.82) is 0 Å². The van der Waals surface area contributed by atoms with Crippen LogP contribution >= 0.6 is 12.4 Å². The molecular weight excluding hydrogens is 442 g/mol. The summed E-state index contributed by atoms with van der Waals surface area (Å²) in [5.74, 6) is 0.0226. The van der Waals surface area contributed by atoms with E-state index in [1.165, 1.54) is 19.3 Å². The van der Waals surface area contributed by atoms with Crippen molar-refractivity contribution in [2.45, 2.75) is 57.9 Å². The van der Waals surface area contributed by atoms with Crippen molar-refractivity contribution in [2.75, 3.05) is 23.4 Å². The van der Waals surface area contributed by atoms with E-state index in [0.717, 1.165) is 48.2 Å². The summed E-state index contributed by atoms with van der Waals surface area (Å²) in [6.07, 6.45) is 7.22. The molecule has 2 aromatic rings. The number of hydrogen-bond acceptors (Lipinski definition) is 4. The molecule has 0 bridgehead atoms. The Labute approximate surface area is 201 Å². The lowest BCUT2D eigenvalue weighted by Gasteiger charge is -2.28. The molecule has 2 aliphatic rings. The number of rotatable bonds is 5. The summed E-state index contributed by atoms with van der Waals surface area (Å²) >= 11 is 0. The second-order valence-electron chi connectivity index (χ2n) is 8.26. The number of para-hydroxylation sites is 1. The SMILES string of the molecule is CCOC(=O)Nc1ccc2c(c1)N(C(=O)CNC1CCCCC1)c1ccccc1CC2.Cl.O. The first-order chi connectivity index (χ1) is 15.2. The van der Waals surface area contributed by atoms with E-state index in [1.54, 1.807) is 6.92 Å². The number of nitrogens with zero attached hydrogens (tertiary/aromatic N) is 1. The molecule has 1 aliphatic heterocycles. The summed E-state index contributed by atoms with van der Waals surface area (Å²) in [6.45, 7) is 2.38. The largest absolute Gasteiger partial charge is 0.450 e. The third-order valence-electron chi connectivity index (χ3n) is 6.14. The maximum Gasteiger partial charge on any atom is 0.411 e. The Balaban J connectivity index is 0.00000193. The van der Waals surface area contributed by atoms with Crippen molar-refractivity contribution >= 4 is 41.5 Å². The van der Waals surface area contributed by atoms with Crippen LogP contribution in [0.15, 0.2) is 42.5 Å². The van der Waals surface area contributed by atoms with E-state index in [4.69, 9.17) is 4.74 Å². The molecule has 33 heavy (non-hydrogen) atoms. The first kappa shape index (κ1) is 26.6. The van der Waals surface area contributed by atoms with Crippen molar-refractivity contribution in [3.63, 3.8) is 0 Å². The predicted molar refractivity (Wildman–Crippen MR) is 134 cm³/mol. The Kier molecular flexibility index (Phi) is 10.2. The molecule has 1 saturated carbocycles. The standard InChI is InChI=1S/C25H31N3O3.ClH.H2O/c1-2-31-25(30)27-21-15-14-19-13-12-18-8-6-7-11-22(18)28(23(19)16-21)24(29)17-26-20-9-4-3-5-10-20;;/h6-8,11,14-16,20,26H,2-5,9-10,12-13,17H2,1H3,(H,27,30);1H;1H2. The molecule has 0 spiro atoms. The Morgan fingerprint density at radius 2 is 1.70 bits per heavy atom. The van der Waals surface area contributed by atoms with Gasteiger partial charge in [-0.05, 0) is 61.9 Å². The van der Waals surface area contributed by atoms with E-state index in [-0.39, 0.29) is 23.8 Å². The van der Waals surface area contributed by atoms with Crippen LogP contribution in [0.4, 0.5) is 21.9 Å². The molecule has 0 radical (unpaired) electrons. The fourth-order valence-electron chi connectivity index (χ4n) is 4.57. The van der Waals surface area contributed by atoms with Crippen LogP contribution in [-0.4, -0.2) is 36.7 Å². The van der Waals surface area contributed by atoms with Gasteiger partial charge in [-0.3, -0.25) is 15.0 Å². The van der Waals surface area contributed by atoms with Gasteiger partial charge in [0.25, 0.3) is 0 Å². The lowest BCUT2D eigenvalue weighted by Crippen LogP contribution is -2.41. The van der Waals surface area contributed by atoms with Gasteiger partial charge in [0.05, 0.1) is 24.5 Å². The molecule has 0 atom stereocenters. The Morgan fingerprint density at radius 3 is 2.42 bits per heavy atom. The number of halogens is 1. The summed E-state index contributed by atoms with van der Waals surface area (Å²) in [6, 6.07) is 14.3. The predicted octanol–water partition coefficient (Wildman–Crippen LogP) is 4.54. The minimum absolute atomic E-state index is 0. The molecule has 8 heteroatoms. The van der Waals surface area contributed by atoms with Gasteiger partial charge in [0.2, 0.25) is 5.91 Å². The van der Waals surface area contributed by atoms with Gasteiger partial charge in [-0.1, -0.05) is 43.5 Å². The van der Waals surface area contributed by atoms with Crippen molar-refractivity contribution in [1.82, 2.24) is 5.32 Å². The highest BCUT2D eigenvalue weighted by molar-refractivity contribution is 6.04. The number of nitrogens with one attached hydrogen (secondary N) is 2. The summed E-state index contributed by atoms with van der Waals surface area (Å²) in [4.78, 5) is 27.2. The zero-order chi connectivity index (χ0) is 21.6. The van der Waals surface area contributed by atoms with E-state index >= 15 is 0 Å². The van der Waals surface area contributed by atoms with Gasteiger partial charge in [0.15, 0.2) is 0 Å². The maximum atomic E-state index is 13.5. The minimum Gasteiger partial charge on any atom is -0.450 e. The first-order valence-corrected chi connectivity index (χ1v) is 11.4. The number of ether oxygens (including phenoxy) is 1. The van der Waals surface area contributed by atoms with Crippen LogP contribution in [0.2, 0.25) is 0 Å². The average Bonchev–Trinajstić information content (AvgIpc) is 2.95. The number of carbonyl (C=O) groups is 2. The van der Waals surface area contributed by atoms with E-state index in [1.807, 2.05) is 41.3 Å². The Hall–Kier alpha value is -2.61. The normalized spacial score (nSPS) is 15.1. The number of amides is 2. The van der Waals surface area contributed by atoms with Crippen LogP contribution in [0.5, 0.6) is 0 Å². The van der Waals surface area contributed by atoms with E-state index in [0.29, 0.717) is 24.9 Å². The van der Waals surface area contributed by atoms with Gasteiger partial charge in [-0.2, -0.15) is 0 Å². The summed E-state index contributed by atoms with van der Waals surface area (Å²) in [7, 11) is 0. The molecule has 1 heterocycles. The zero-order valence-corrected chi connectivity index (χ0v) is 19.9. The van der Waals surface area contributed by atoms with Crippen LogP contribution in [-0.2, 0) is 22.4 Å². The van der Waals surface area contributed by atoms with Gasteiger partial charge in [-0.25, -0.2) is 4.79 Å². The second-order valence-corrected chi connectivity index (χ2v) is 8.26. The number of hydrogen-bond donors (Lipinski definition) is 2. The molecule has 0 aromatic heterocycles. The van der Waals surface area contributed by atoms with Gasteiger partial charge in [0.1, 0.15) is 0 Å². The fourth-order valence-corrected chi connectivity index (χ4v) is 4.57. The van der Waals surface area contributed by atoms with Crippen LogP contribution < -0.4 is 15.5 Å². The topological polar surface area (TPSA) is 102 Å². The van der Waals surface area contributed by atoms with Crippen molar-refractivity contribution in [3.8, 4) is 0 Å². The van der Waals surface area contributed by atoms with E-state index in [2.05, 4.69) is 16.7 Å². The molecule has 0 unspecified atom stereocenters. The number of carbonyl (C=O) groups excluding carboxylic acids is 2. The van der Waals surface area contributed by atoms with Gasteiger partial charge in [0, 0.05) is 11.7 Å². The minimum atomic E-state index is -0.492. The molecule has 2 aromatic carbocycles. The van der Waals surface area contributed by atoms with E-state index < -0.39 is 6.09 Å². The Bertz CT molecular complexity index is 947. The highest BCUT2D eigenvalue weighted by atomic mass is 35.5. The molecule has 4 rings (SSSR count). The molecular formula is C25H34ClN3O4. The van der Waals surface area contributed by atoms with Crippen LogP contribution in [0.25, 0.3) is 0 Å². The molecule has 1 fully saturated rings. The lowest BCUT2D eigenvalue weighted by atomic mass is 9.95. The van der Waals surface area contributed by atoms with Crippen molar-refractivity contribution in [3.05, 3.63) is 53.6 Å². The van der Waals surface area contributed by atoms with Crippen molar-refractivity contribution in [2.24, 2.45) is 0 Å². The van der Waals surface area contributed by atoms with Crippen LogP contribution in [0.3, 0.4) is 0 Å². The first-order valence-electron chi connectivity index (χ1n) is 11.4. The molecule has 180 valence electrons. The fraction of sp³-hybridized carbons (Fsp3) is 0.440. The lowest BCUT2D eigenvalue weighted by molar-refractivity contribution is -0.117. The number of fused-ring (bicyclic) bond motifs is 2. The summed E-state index contributed by atoms with van der Waals surface area (Å²) in [5, 5.41) is 6.25. The summed E-state index contributed by atoms with van der Waals surface area (Å²) < 4.78 is 5.01. The number of aryl methyl sites for hydroxylation is 2. The smallest absolute Gasteiger partial charge is 0.411 e. The molecule has 1 aliphatic carbocycles. The molecule has 7 nitrogen and oxygen atoms in total. The third-order valence-corrected chi connectivity index (χ3v) is 6.14. The van der Waals surface area contributed by atoms with Crippen molar-refractivity contribution < 1.29 is 19.8 Å². The second kappa shape index (κ2) is 12.6. The number of anilines is 3. The molecule has 4 N–H and O–H groups in total. The van der Waals surface area contributed by atoms with Gasteiger partial charge < -0.3 is 15.5 Å². The van der Waals surface area contributed by atoms with Gasteiger partial charge >= 0.3 is 6.09 Å². The highest BCUT2D eigenvalue weighted by Gasteiger charge is 2.27. The average molecular weight is 476 g/mol. The zero-order valence-electron chi connectivity index (χ0n) is 19.1. The number of benzene rings is 2. The van der Waals surface area contributed by atoms with Crippen LogP contribution in [0, 0.1) is 0 Å². The summed E-state index contributed by atoms with van der Waals surface area (Å²) in [5.41, 5.74) is 4.62. The monoisotopic (exact) mass is 475 g/mol. The highest BCUT2D eigenvalue weighted by Crippen LogP contribution is 2.37. The Morgan fingerprint density at radius 1 is 1.00 bits per heavy atom. The third kappa shape index (κ3) is 6.47. The van der Waals surface area contributed by atoms with E-state index in [9.17, 15) is 9.59 Å². The molecule has 0 saturated heterocycles. The quantitative estimate of drug-likeness (QED) is 0.662. The van der Waals surface area contributed by atoms with Crippen LogP contribution in [0.1, 0.15) is 50.2 Å². The van der Waals surface area contributed by atoms with Gasteiger partial charge in [-0.15, -0.1) is 12.4 Å². The molecule has 2 amide bonds.